The van der Waals surface area contributed by atoms with Gasteiger partial charge in [-0.25, -0.2) is 0 Å². The maximum Gasteiger partial charge on any atom is 0.308 e. The number of benzene rings is 1. The first kappa shape index (κ1) is 13.3. The van der Waals surface area contributed by atoms with Crippen molar-refractivity contribution in [3.8, 4) is 5.75 Å². The van der Waals surface area contributed by atoms with Crippen LogP contribution in [0.1, 0.15) is 18.1 Å². The number of aliphatic hydroxyl groups excluding tert-OH is 2. The van der Waals surface area contributed by atoms with Gasteiger partial charge in [-0.05, 0) is 6.07 Å². The lowest BCUT2D eigenvalue weighted by Gasteiger charge is -2.18. The van der Waals surface area contributed by atoms with Crippen LogP contribution in [-0.4, -0.2) is 34.5 Å². The van der Waals surface area contributed by atoms with Crippen LogP contribution in [0.5, 0.6) is 5.75 Å². The molecule has 1 aromatic carbocycles. The molecule has 0 fully saturated rings. The molecule has 2 atom stereocenters. The highest BCUT2D eigenvalue weighted by Crippen LogP contribution is 2.27. The smallest absolute Gasteiger partial charge is 0.308 e. The Morgan fingerprint density at radius 3 is 2.65 bits per heavy atom. The van der Waals surface area contributed by atoms with Gasteiger partial charge in [-0.1, -0.05) is 6.07 Å². The molecule has 0 aliphatic rings. The number of nitrogen functional groups attached to an aromatic ring is 1. The van der Waals surface area contributed by atoms with Gasteiger partial charge in [0.1, 0.15) is 11.9 Å². The molecule has 0 spiro atoms. The van der Waals surface area contributed by atoms with Crippen LogP contribution in [0, 0.1) is 0 Å². The zero-order valence-corrected chi connectivity index (χ0v) is 9.33. The number of carbonyl (C=O) groups is 1. The number of aliphatic hydroxyl groups is 2. The highest BCUT2D eigenvalue weighted by Gasteiger charge is 2.23. The maximum atomic E-state index is 10.9. The fourth-order valence-corrected chi connectivity index (χ4v) is 1.40. The van der Waals surface area contributed by atoms with Crippen molar-refractivity contribution in [2.75, 3.05) is 12.8 Å². The van der Waals surface area contributed by atoms with E-state index in [2.05, 4.69) is 4.74 Å². The molecule has 0 aliphatic heterocycles. The molecular formula is C11H15NO5. The summed E-state index contributed by atoms with van der Waals surface area (Å²) >= 11 is 0. The van der Waals surface area contributed by atoms with Gasteiger partial charge >= 0.3 is 5.97 Å². The molecule has 0 aliphatic carbocycles. The van der Waals surface area contributed by atoms with Crippen LogP contribution in [-0.2, 0) is 9.53 Å². The minimum Gasteiger partial charge on any atom is -0.508 e. The van der Waals surface area contributed by atoms with Crippen LogP contribution in [0.4, 0.5) is 5.69 Å². The number of ether oxygens (including phenoxy) is 1. The first-order valence-corrected chi connectivity index (χ1v) is 4.97. The third kappa shape index (κ3) is 3.33. The van der Waals surface area contributed by atoms with Crippen LogP contribution in [0.15, 0.2) is 18.2 Å². The number of hydrogen-bond acceptors (Lipinski definition) is 6. The van der Waals surface area contributed by atoms with Crippen molar-refractivity contribution in [3.63, 3.8) is 0 Å². The predicted molar refractivity (Wildman–Crippen MR) is 60.1 cm³/mol. The van der Waals surface area contributed by atoms with Crippen LogP contribution in [0.2, 0.25) is 0 Å². The van der Waals surface area contributed by atoms with Gasteiger partial charge in [-0.2, -0.15) is 0 Å². The normalized spacial score (nSPS) is 14.1. The molecule has 1 aromatic rings. The summed E-state index contributed by atoms with van der Waals surface area (Å²) in [6.45, 7) is 0. The molecule has 94 valence electrons. The van der Waals surface area contributed by atoms with Crippen molar-refractivity contribution in [2.45, 2.75) is 18.6 Å². The summed E-state index contributed by atoms with van der Waals surface area (Å²) in [5.74, 6) is -0.671. The van der Waals surface area contributed by atoms with Crippen molar-refractivity contribution in [1.29, 1.82) is 0 Å². The van der Waals surface area contributed by atoms with Gasteiger partial charge in [0.15, 0.2) is 0 Å². The third-order valence-electron chi connectivity index (χ3n) is 2.36. The van der Waals surface area contributed by atoms with E-state index in [0.717, 1.165) is 0 Å². The molecule has 17 heavy (non-hydrogen) atoms. The summed E-state index contributed by atoms with van der Waals surface area (Å²) in [5.41, 5.74) is 5.97. The summed E-state index contributed by atoms with van der Waals surface area (Å²) in [5, 5.41) is 28.5. The van der Waals surface area contributed by atoms with Gasteiger partial charge in [-0.15, -0.1) is 0 Å². The van der Waals surface area contributed by atoms with Crippen molar-refractivity contribution in [2.24, 2.45) is 0 Å². The molecule has 2 unspecified atom stereocenters. The SMILES string of the molecule is COC(=O)CC(O)C(O)c1ccc(O)cc1N. The topological polar surface area (TPSA) is 113 Å². The molecule has 6 nitrogen and oxygen atoms in total. The number of nitrogens with two attached hydrogens (primary N) is 1. The number of phenolic OH excluding ortho intramolecular Hbond substituents is 1. The first-order valence-electron chi connectivity index (χ1n) is 4.97. The summed E-state index contributed by atoms with van der Waals surface area (Å²) < 4.78 is 4.37. The second-order valence-corrected chi connectivity index (χ2v) is 3.61. The number of aromatic hydroxyl groups is 1. The Bertz CT molecular complexity index is 407. The second-order valence-electron chi connectivity index (χ2n) is 3.61. The molecular weight excluding hydrogens is 226 g/mol. The van der Waals surface area contributed by atoms with Gasteiger partial charge in [0.2, 0.25) is 0 Å². The fourth-order valence-electron chi connectivity index (χ4n) is 1.40. The lowest BCUT2D eigenvalue weighted by Crippen LogP contribution is -2.23. The van der Waals surface area contributed by atoms with E-state index >= 15 is 0 Å². The van der Waals surface area contributed by atoms with Crippen molar-refractivity contribution < 1.29 is 24.9 Å². The highest BCUT2D eigenvalue weighted by atomic mass is 16.5. The van der Waals surface area contributed by atoms with E-state index in [-0.39, 0.29) is 23.4 Å². The number of rotatable bonds is 4. The minimum absolute atomic E-state index is 0.0408. The second kappa shape index (κ2) is 5.51. The maximum absolute atomic E-state index is 10.9. The van der Waals surface area contributed by atoms with Crippen LogP contribution in [0.3, 0.4) is 0 Å². The zero-order valence-electron chi connectivity index (χ0n) is 9.33. The van der Waals surface area contributed by atoms with Crippen LogP contribution < -0.4 is 5.73 Å². The molecule has 0 aromatic heterocycles. The Morgan fingerprint density at radius 1 is 1.47 bits per heavy atom. The van der Waals surface area contributed by atoms with Gasteiger partial charge in [0, 0.05) is 17.3 Å². The average Bonchev–Trinajstić information content (AvgIpc) is 2.28. The molecule has 5 N–H and O–H groups in total. The van der Waals surface area contributed by atoms with E-state index in [1.165, 1.54) is 25.3 Å². The lowest BCUT2D eigenvalue weighted by molar-refractivity contribution is -0.144. The Balaban J connectivity index is 2.81. The van der Waals surface area contributed by atoms with E-state index in [9.17, 15) is 15.0 Å². The Morgan fingerprint density at radius 2 is 2.12 bits per heavy atom. The Labute approximate surface area is 98.3 Å². The quantitative estimate of drug-likeness (QED) is 0.433. The molecule has 0 heterocycles. The molecule has 0 amide bonds. The van der Waals surface area contributed by atoms with Gasteiger partial charge in [-0.3, -0.25) is 4.79 Å². The van der Waals surface area contributed by atoms with E-state index < -0.39 is 18.2 Å². The summed E-state index contributed by atoms with van der Waals surface area (Å²) in [7, 11) is 1.19. The summed E-state index contributed by atoms with van der Waals surface area (Å²) in [6.07, 6.45) is -2.96. The van der Waals surface area contributed by atoms with Gasteiger partial charge < -0.3 is 25.8 Å². The van der Waals surface area contributed by atoms with Gasteiger partial charge in [0.05, 0.1) is 19.6 Å². The minimum atomic E-state index is -1.31. The highest BCUT2D eigenvalue weighted by molar-refractivity contribution is 5.70. The van der Waals surface area contributed by atoms with E-state index in [1.54, 1.807) is 0 Å². The van der Waals surface area contributed by atoms with Crippen LogP contribution in [0.25, 0.3) is 0 Å². The molecule has 0 saturated carbocycles. The third-order valence-corrected chi connectivity index (χ3v) is 2.36. The van der Waals surface area contributed by atoms with Crippen molar-refractivity contribution in [1.82, 2.24) is 0 Å². The lowest BCUT2D eigenvalue weighted by atomic mass is 10.0. The number of anilines is 1. The van der Waals surface area contributed by atoms with Crippen LogP contribution >= 0.6 is 0 Å². The number of esters is 1. The number of hydrogen-bond donors (Lipinski definition) is 4. The molecule has 6 heteroatoms. The fraction of sp³-hybridized carbons (Fsp3) is 0.364. The molecule has 0 radical (unpaired) electrons. The molecule has 0 saturated heterocycles. The van der Waals surface area contributed by atoms with Crippen molar-refractivity contribution in [3.05, 3.63) is 23.8 Å². The van der Waals surface area contributed by atoms with E-state index in [0.29, 0.717) is 0 Å². The zero-order chi connectivity index (χ0) is 13.0. The van der Waals surface area contributed by atoms with Gasteiger partial charge in [0.25, 0.3) is 0 Å². The van der Waals surface area contributed by atoms with E-state index in [4.69, 9.17) is 10.8 Å². The monoisotopic (exact) mass is 241 g/mol. The number of methoxy groups -OCH3 is 1. The average molecular weight is 241 g/mol. The number of phenols is 1. The van der Waals surface area contributed by atoms with E-state index in [1.807, 2.05) is 0 Å². The molecule has 0 bridgehead atoms. The molecule has 1 rings (SSSR count). The first-order chi connectivity index (χ1) is 7.95. The predicted octanol–water partition coefficient (Wildman–Crippen LogP) is -0.0682. The largest absolute Gasteiger partial charge is 0.508 e. The summed E-state index contributed by atoms with van der Waals surface area (Å²) in [6, 6.07) is 3.97. The standard InChI is InChI=1S/C11H15NO5/c1-17-10(15)5-9(14)11(16)7-3-2-6(13)4-8(7)12/h2-4,9,11,13-14,16H,5,12H2,1H3. The summed E-state index contributed by atoms with van der Waals surface area (Å²) in [4.78, 5) is 10.9. The Kier molecular flexibility index (Phi) is 4.30. The van der Waals surface area contributed by atoms with Crippen molar-refractivity contribution >= 4 is 11.7 Å². The number of carbonyl (C=O) groups excluding carboxylic acids is 1. The Hall–Kier alpha value is -1.79.